The van der Waals surface area contributed by atoms with Crippen LogP contribution in [-0.2, 0) is 9.53 Å². The highest BCUT2D eigenvalue weighted by atomic mass is 16.5. The van der Waals surface area contributed by atoms with E-state index in [1.165, 1.54) is 6.08 Å². The van der Waals surface area contributed by atoms with Gasteiger partial charge in [-0.2, -0.15) is 0 Å². The van der Waals surface area contributed by atoms with Crippen LogP contribution in [0.2, 0.25) is 0 Å². The fourth-order valence-electron chi connectivity index (χ4n) is 1.35. The van der Waals surface area contributed by atoms with Crippen LogP contribution >= 0.6 is 0 Å². The summed E-state index contributed by atoms with van der Waals surface area (Å²) in [5.41, 5.74) is 0. The first-order valence-corrected chi connectivity index (χ1v) is 5.89. The van der Waals surface area contributed by atoms with Crippen molar-refractivity contribution in [2.75, 3.05) is 27.2 Å². The average molecular weight is 258 g/mol. The minimum Gasteiger partial charge on any atom is -0.480 e. The number of hydrogen-bond acceptors (Lipinski definition) is 4. The second-order valence-corrected chi connectivity index (χ2v) is 4.22. The van der Waals surface area contributed by atoms with E-state index >= 15 is 0 Å². The van der Waals surface area contributed by atoms with Gasteiger partial charge in [0.1, 0.15) is 12.6 Å². The van der Waals surface area contributed by atoms with Crippen molar-refractivity contribution in [2.24, 2.45) is 0 Å². The minimum atomic E-state index is -1.05. The molecule has 0 aliphatic heterocycles. The zero-order chi connectivity index (χ0) is 14.0. The number of aliphatic carboxylic acids is 1. The average Bonchev–Trinajstić information content (AvgIpc) is 2.29. The number of nitrogens with one attached hydrogen (secondary N) is 1. The number of nitrogens with zero attached hydrogens (tertiary/aromatic N) is 1. The third-order valence-electron chi connectivity index (χ3n) is 2.27. The number of carboxylic acids is 1. The first-order valence-electron chi connectivity index (χ1n) is 5.89. The van der Waals surface area contributed by atoms with Crippen LogP contribution in [0.4, 0.5) is 4.79 Å². The van der Waals surface area contributed by atoms with Gasteiger partial charge in [0, 0.05) is 0 Å². The summed E-state index contributed by atoms with van der Waals surface area (Å²) in [4.78, 5) is 24.2. The highest BCUT2D eigenvalue weighted by molar-refractivity contribution is 5.79. The third kappa shape index (κ3) is 8.58. The normalized spacial score (nSPS) is 11.9. The zero-order valence-corrected chi connectivity index (χ0v) is 11.0. The van der Waals surface area contributed by atoms with Crippen LogP contribution in [0.25, 0.3) is 0 Å². The van der Waals surface area contributed by atoms with Crippen molar-refractivity contribution < 1.29 is 19.4 Å². The quantitative estimate of drug-likeness (QED) is 0.478. The number of carboxylic acid groups (broad SMARTS) is 1. The van der Waals surface area contributed by atoms with Crippen LogP contribution in [0.15, 0.2) is 12.7 Å². The lowest BCUT2D eigenvalue weighted by Crippen LogP contribution is -2.41. The maximum Gasteiger partial charge on any atom is 0.408 e. The van der Waals surface area contributed by atoms with Crippen molar-refractivity contribution in [2.45, 2.75) is 25.3 Å². The molecule has 104 valence electrons. The molecule has 0 radical (unpaired) electrons. The van der Waals surface area contributed by atoms with Gasteiger partial charge in [-0.25, -0.2) is 9.59 Å². The van der Waals surface area contributed by atoms with Gasteiger partial charge in [-0.15, -0.1) is 0 Å². The lowest BCUT2D eigenvalue weighted by atomic mass is 10.1. The molecule has 0 spiro atoms. The monoisotopic (exact) mass is 258 g/mol. The summed E-state index contributed by atoms with van der Waals surface area (Å²) in [6.45, 7) is 4.36. The largest absolute Gasteiger partial charge is 0.480 e. The smallest absolute Gasteiger partial charge is 0.408 e. The van der Waals surface area contributed by atoms with E-state index in [0.717, 1.165) is 19.4 Å². The lowest BCUT2D eigenvalue weighted by Gasteiger charge is -2.15. The van der Waals surface area contributed by atoms with Crippen molar-refractivity contribution >= 4 is 12.1 Å². The summed E-state index contributed by atoms with van der Waals surface area (Å²) < 4.78 is 4.68. The minimum absolute atomic E-state index is 0.0683. The van der Waals surface area contributed by atoms with E-state index in [2.05, 4.69) is 16.6 Å². The highest BCUT2D eigenvalue weighted by Gasteiger charge is 2.19. The molecule has 0 saturated heterocycles. The fraction of sp³-hybridized carbons (Fsp3) is 0.667. The van der Waals surface area contributed by atoms with E-state index in [4.69, 9.17) is 5.11 Å². The fourth-order valence-corrected chi connectivity index (χ4v) is 1.35. The van der Waals surface area contributed by atoms with Crippen LogP contribution < -0.4 is 5.32 Å². The van der Waals surface area contributed by atoms with Crippen LogP contribution in [0, 0.1) is 0 Å². The molecule has 1 atom stereocenters. The Hall–Kier alpha value is -1.56. The van der Waals surface area contributed by atoms with Gasteiger partial charge in [0.15, 0.2) is 0 Å². The molecule has 6 nitrogen and oxygen atoms in total. The van der Waals surface area contributed by atoms with Crippen molar-refractivity contribution in [3.63, 3.8) is 0 Å². The third-order valence-corrected chi connectivity index (χ3v) is 2.27. The van der Waals surface area contributed by atoms with E-state index in [1.807, 2.05) is 19.0 Å². The summed E-state index contributed by atoms with van der Waals surface area (Å²) in [5, 5.41) is 11.3. The number of rotatable bonds is 9. The number of unbranched alkanes of at least 4 members (excludes halogenated alkanes) is 1. The molecule has 0 aliphatic carbocycles. The Kier molecular flexibility index (Phi) is 8.65. The van der Waals surface area contributed by atoms with Crippen molar-refractivity contribution in [1.82, 2.24) is 10.2 Å². The predicted molar refractivity (Wildman–Crippen MR) is 68.5 cm³/mol. The Morgan fingerprint density at radius 1 is 1.44 bits per heavy atom. The number of alkyl carbamates (subject to hydrolysis) is 1. The van der Waals surface area contributed by atoms with Gasteiger partial charge in [-0.1, -0.05) is 12.7 Å². The Morgan fingerprint density at radius 3 is 2.61 bits per heavy atom. The molecule has 0 unspecified atom stereocenters. The molecule has 0 aliphatic rings. The Balaban J connectivity index is 3.95. The topological polar surface area (TPSA) is 78.9 Å². The van der Waals surface area contributed by atoms with Gasteiger partial charge < -0.3 is 20.1 Å². The number of ether oxygens (including phenoxy) is 1. The van der Waals surface area contributed by atoms with Crippen LogP contribution in [-0.4, -0.2) is 55.4 Å². The molecule has 18 heavy (non-hydrogen) atoms. The molecule has 0 bridgehead atoms. The summed E-state index contributed by atoms with van der Waals surface area (Å²) >= 11 is 0. The summed E-state index contributed by atoms with van der Waals surface area (Å²) in [5.74, 6) is -1.05. The Bertz CT molecular complexity index is 279. The molecule has 0 aromatic rings. The molecule has 0 rings (SSSR count). The molecular weight excluding hydrogens is 236 g/mol. The molecule has 0 aromatic heterocycles. The van der Waals surface area contributed by atoms with E-state index in [-0.39, 0.29) is 6.61 Å². The predicted octanol–water partition coefficient (Wildman–Crippen LogP) is 1.08. The van der Waals surface area contributed by atoms with Crippen molar-refractivity contribution in [3.8, 4) is 0 Å². The first-order chi connectivity index (χ1) is 8.47. The van der Waals surface area contributed by atoms with Gasteiger partial charge in [-0.05, 0) is 39.9 Å². The molecule has 6 heteroatoms. The highest BCUT2D eigenvalue weighted by Crippen LogP contribution is 2.02. The van der Waals surface area contributed by atoms with E-state index in [1.54, 1.807) is 0 Å². The van der Waals surface area contributed by atoms with Gasteiger partial charge in [0.05, 0.1) is 0 Å². The summed E-state index contributed by atoms with van der Waals surface area (Å²) in [7, 11) is 3.92. The van der Waals surface area contributed by atoms with Crippen LogP contribution in [0.5, 0.6) is 0 Å². The van der Waals surface area contributed by atoms with Crippen LogP contribution in [0.3, 0.4) is 0 Å². The van der Waals surface area contributed by atoms with Gasteiger partial charge in [0.2, 0.25) is 0 Å². The summed E-state index contributed by atoms with van der Waals surface area (Å²) in [6.07, 6.45) is 2.71. The second kappa shape index (κ2) is 9.47. The second-order valence-electron chi connectivity index (χ2n) is 4.22. The van der Waals surface area contributed by atoms with Gasteiger partial charge >= 0.3 is 12.1 Å². The number of amides is 1. The van der Waals surface area contributed by atoms with Crippen LogP contribution in [0.1, 0.15) is 19.3 Å². The van der Waals surface area contributed by atoms with Gasteiger partial charge in [0.25, 0.3) is 0 Å². The van der Waals surface area contributed by atoms with Crippen molar-refractivity contribution in [1.29, 1.82) is 0 Å². The maximum absolute atomic E-state index is 11.2. The lowest BCUT2D eigenvalue weighted by molar-refractivity contribution is -0.139. The molecule has 0 aromatic carbocycles. The number of hydrogen-bond donors (Lipinski definition) is 2. The summed E-state index contributed by atoms with van der Waals surface area (Å²) in [6, 6.07) is -0.899. The Morgan fingerprint density at radius 2 is 2.11 bits per heavy atom. The Labute approximate surface area is 108 Å². The standard InChI is InChI=1S/C12H22N2O4/c1-4-9-18-12(17)13-10(11(15)16)7-5-6-8-14(2)3/h4,10H,1,5-9H2,2-3H3,(H,13,17)(H,15,16)/t10-/m0/s1. The molecule has 1 amide bonds. The number of carbonyl (C=O) groups excluding carboxylic acids is 1. The van der Waals surface area contributed by atoms with E-state index in [9.17, 15) is 9.59 Å². The number of carbonyl (C=O) groups is 2. The van der Waals surface area contributed by atoms with E-state index in [0.29, 0.717) is 6.42 Å². The maximum atomic E-state index is 11.2. The zero-order valence-electron chi connectivity index (χ0n) is 11.0. The van der Waals surface area contributed by atoms with Gasteiger partial charge in [-0.3, -0.25) is 0 Å². The van der Waals surface area contributed by atoms with E-state index < -0.39 is 18.1 Å². The SMILES string of the molecule is C=CCOC(=O)N[C@@H](CCCCN(C)C)C(=O)O. The van der Waals surface area contributed by atoms with Crippen molar-refractivity contribution in [3.05, 3.63) is 12.7 Å². The first kappa shape index (κ1) is 16.4. The molecule has 0 heterocycles. The molecular formula is C12H22N2O4. The molecule has 0 fully saturated rings. The molecule has 2 N–H and O–H groups in total. The molecule has 0 saturated carbocycles.